The summed E-state index contributed by atoms with van der Waals surface area (Å²) in [6, 6.07) is 0. The highest BCUT2D eigenvalue weighted by Crippen LogP contribution is 2.27. The normalized spacial score (nSPS) is 15.9. The van der Waals surface area contributed by atoms with Crippen LogP contribution in [0.1, 0.15) is 33.1 Å². The molecule has 0 heterocycles. The monoisotopic (exact) mass is 260 g/mol. The average Bonchev–Trinajstić information content (AvgIpc) is 2.21. The van der Waals surface area contributed by atoms with Crippen molar-refractivity contribution >= 4 is 16.9 Å². The maximum Gasteiger partial charge on any atom is 0.278 e. The summed E-state index contributed by atoms with van der Waals surface area (Å²) in [6.45, 7) is 2.06. The van der Waals surface area contributed by atoms with E-state index in [1.165, 1.54) is 0 Å². The fraction of sp³-hybridized carbons (Fsp3) is 0.900. The highest BCUT2D eigenvalue weighted by atomic mass is 32.2. The summed E-state index contributed by atoms with van der Waals surface area (Å²) in [5.41, 5.74) is 0. The van der Waals surface area contributed by atoms with Crippen LogP contribution in [0, 0.1) is 0 Å². The Balaban J connectivity index is 3.74. The zero-order valence-corrected chi connectivity index (χ0v) is 10.1. The van der Waals surface area contributed by atoms with Crippen LogP contribution in [0.4, 0.5) is 17.6 Å². The van der Waals surface area contributed by atoms with E-state index < -0.39 is 18.3 Å². The van der Waals surface area contributed by atoms with E-state index in [1.54, 1.807) is 6.92 Å². The predicted octanol–water partition coefficient (Wildman–Crippen LogP) is 3.77. The third kappa shape index (κ3) is 6.35. The van der Waals surface area contributed by atoms with Crippen molar-refractivity contribution in [3.8, 4) is 0 Å². The smallest absolute Gasteiger partial charge is 0.278 e. The van der Waals surface area contributed by atoms with Crippen LogP contribution < -0.4 is 0 Å². The fourth-order valence-corrected chi connectivity index (χ4v) is 1.77. The van der Waals surface area contributed by atoms with E-state index in [2.05, 4.69) is 0 Å². The Kier molecular flexibility index (Phi) is 7.03. The first-order valence-electron chi connectivity index (χ1n) is 5.10. The van der Waals surface area contributed by atoms with Crippen molar-refractivity contribution in [3.63, 3.8) is 0 Å². The second-order valence-electron chi connectivity index (χ2n) is 3.59. The summed E-state index contributed by atoms with van der Waals surface area (Å²) in [4.78, 5) is 10.8. The van der Waals surface area contributed by atoms with E-state index in [4.69, 9.17) is 0 Å². The Morgan fingerprint density at radius 2 is 1.94 bits per heavy atom. The lowest BCUT2D eigenvalue weighted by atomic mass is 10.1. The molecule has 6 heteroatoms. The van der Waals surface area contributed by atoms with Crippen molar-refractivity contribution in [2.75, 3.05) is 5.75 Å². The van der Waals surface area contributed by atoms with Gasteiger partial charge in [-0.3, -0.25) is 4.79 Å². The predicted molar refractivity (Wildman–Crippen MR) is 57.4 cm³/mol. The van der Waals surface area contributed by atoms with E-state index in [1.807, 2.05) is 0 Å². The van der Waals surface area contributed by atoms with Gasteiger partial charge in [-0.05, 0) is 12.8 Å². The Hall–Kier alpha value is -0.260. The first-order chi connectivity index (χ1) is 7.29. The summed E-state index contributed by atoms with van der Waals surface area (Å²) in [7, 11) is 0. The minimum atomic E-state index is -3.65. The summed E-state index contributed by atoms with van der Waals surface area (Å²) >= 11 is 1.02. The summed E-state index contributed by atoms with van der Waals surface area (Å²) in [6.07, 6.45) is -4.62. The quantitative estimate of drug-likeness (QED) is 0.512. The van der Waals surface area contributed by atoms with Gasteiger partial charge in [-0.15, -0.1) is 0 Å². The number of thioether (sulfide) groups is 1. The summed E-state index contributed by atoms with van der Waals surface area (Å²) in [5.74, 6) is -3.30. The van der Waals surface area contributed by atoms with Crippen molar-refractivity contribution < 1.29 is 22.4 Å². The standard InChI is InChI=1S/C10H16F4OS/c1-3-8(15)16-6-4-5-7(11)9(12)10(2,13)14/h7,9H,3-6H2,1-2H3. The maximum absolute atomic E-state index is 12.9. The Labute approximate surface area is 97.0 Å². The first kappa shape index (κ1) is 15.7. The molecule has 0 aliphatic carbocycles. The van der Waals surface area contributed by atoms with Crippen LogP contribution in [0.3, 0.4) is 0 Å². The number of carbonyl (C=O) groups is 1. The molecular formula is C10H16F4OS. The molecule has 0 aromatic heterocycles. The molecular weight excluding hydrogens is 244 g/mol. The molecule has 0 fully saturated rings. The zero-order valence-electron chi connectivity index (χ0n) is 9.31. The molecule has 0 bridgehead atoms. The van der Waals surface area contributed by atoms with Gasteiger partial charge in [-0.25, -0.2) is 17.6 Å². The van der Waals surface area contributed by atoms with Crippen LogP contribution in [-0.2, 0) is 4.79 Å². The van der Waals surface area contributed by atoms with Gasteiger partial charge in [-0.2, -0.15) is 0 Å². The van der Waals surface area contributed by atoms with Gasteiger partial charge < -0.3 is 0 Å². The highest BCUT2D eigenvalue weighted by Gasteiger charge is 2.40. The summed E-state index contributed by atoms with van der Waals surface area (Å²) < 4.78 is 50.5. The Bertz CT molecular complexity index is 217. The van der Waals surface area contributed by atoms with Crippen LogP contribution >= 0.6 is 11.8 Å². The molecule has 0 aliphatic heterocycles. The van der Waals surface area contributed by atoms with Gasteiger partial charge in [0, 0.05) is 19.1 Å². The number of carbonyl (C=O) groups excluding carboxylic acids is 1. The van der Waals surface area contributed by atoms with Crippen molar-refractivity contribution in [1.82, 2.24) is 0 Å². The van der Waals surface area contributed by atoms with E-state index in [0.29, 0.717) is 19.1 Å². The average molecular weight is 260 g/mol. The van der Waals surface area contributed by atoms with E-state index in [-0.39, 0.29) is 18.0 Å². The fourth-order valence-electron chi connectivity index (χ4n) is 1.03. The van der Waals surface area contributed by atoms with Crippen molar-refractivity contribution in [3.05, 3.63) is 0 Å². The molecule has 0 aromatic rings. The SMILES string of the molecule is CCC(=O)SCCCC(F)C(F)C(C)(F)F. The lowest BCUT2D eigenvalue weighted by molar-refractivity contribution is -0.110. The van der Waals surface area contributed by atoms with Crippen LogP contribution in [-0.4, -0.2) is 29.1 Å². The highest BCUT2D eigenvalue weighted by molar-refractivity contribution is 8.13. The molecule has 0 spiro atoms. The van der Waals surface area contributed by atoms with Crippen molar-refractivity contribution in [1.29, 1.82) is 0 Å². The molecule has 2 unspecified atom stereocenters. The number of halogens is 4. The number of hydrogen-bond acceptors (Lipinski definition) is 2. The molecule has 96 valence electrons. The molecule has 1 nitrogen and oxygen atoms in total. The van der Waals surface area contributed by atoms with Gasteiger partial charge >= 0.3 is 0 Å². The van der Waals surface area contributed by atoms with Crippen molar-refractivity contribution in [2.24, 2.45) is 0 Å². The molecule has 0 amide bonds. The molecule has 16 heavy (non-hydrogen) atoms. The molecule has 0 radical (unpaired) electrons. The molecule has 0 rings (SSSR count). The first-order valence-corrected chi connectivity index (χ1v) is 6.09. The second-order valence-corrected chi connectivity index (χ2v) is 4.74. The molecule has 0 N–H and O–H groups in total. The van der Waals surface area contributed by atoms with E-state index in [9.17, 15) is 22.4 Å². The summed E-state index contributed by atoms with van der Waals surface area (Å²) in [5, 5.41) is -0.0342. The Morgan fingerprint density at radius 1 is 1.38 bits per heavy atom. The second kappa shape index (κ2) is 7.14. The zero-order chi connectivity index (χ0) is 12.8. The van der Waals surface area contributed by atoms with Gasteiger partial charge in [0.25, 0.3) is 5.92 Å². The molecule has 0 saturated heterocycles. The number of alkyl halides is 4. The molecule has 0 saturated carbocycles. The third-order valence-electron chi connectivity index (χ3n) is 1.98. The maximum atomic E-state index is 12.9. The molecule has 2 atom stereocenters. The number of rotatable bonds is 7. The van der Waals surface area contributed by atoms with Gasteiger partial charge in [-0.1, -0.05) is 18.7 Å². The van der Waals surface area contributed by atoms with E-state index in [0.717, 1.165) is 11.8 Å². The Morgan fingerprint density at radius 3 is 2.38 bits per heavy atom. The van der Waals surface area contributed by atoms with Crippen molar-refractivity contribution in [2.45, 2.75) is 51.4 Å². The third-order valence-corrected chi connectivity index (χ3v) is 3.08. The van der Waals surface area contributed by atoms with E-state index >= 15 is 0 Å². The van der Waals surface area contributed by atoms with Crippen LogP contribution in [0.15, 0.2) is 0 Å². The van der Waals surface area contributed by atoms with Crippen LogP contribution in [0.5, 0.6) is 0 Å². The largest absolute Gasteiger partial charge is 0.287 e. The molecule has 0 aliphatic rings. The van der Waals surface area contributed by atoms with Gasteiger partial charge in [0.1, 0.15) is 6.17 Å². The number of hydrogen-bond donors (Lipinski definition) is 0. The lowest BCUT2D eigenvalue weighted by Crippen LogP contribution is -2.34. The lowest BCUT2D eigenvalue weighted by Gasteiger charge is -2.19. The minimum Gasteiger partial charge on any atom is -0.287 e. The molecule has 0 aromatic carbocycles. The van der Waals surface area contributed by atoms with Crippen LogP contribution in [0.25, 0.3) is 0 Å². The van der Waals surface area contributed by atoms with Crippen LogP contribution in [0.2, 0.25) is 0 Å². The van der Waals surface area contributed by atoms with Gasteiger partial charge in [0.15, 0.2) is 11.3 Å². The minimum absolute atomic E-state index is 0.0342. The topological polar surface area (TPSA) is 17.1 Å². The van der Waals surface area contributed by atoms with Gasteiger partial charge in [0.05, 0.1) is 0 Å². The van der Waals surface area contributed by atoms with Gasteiger partial charge in [0.2, 0.25) is 0 Å².